The lowest BCUT2D eigenvalue weighted by Crippen LogP contribution is -2.42. The fourth-order valence-corrected chi connectivity index (χ4v) is 2.57. The zero-order valence-corrected chi connectivity index (χ0v) is 13.7. The Morgan fingerprint density at radius 3 is 2.80 bits per heavy atom. The van der Waals surface area contributed by atoms with Crippen molar-refractivity contribution in [2.75, 3.05) is 5.32 Å². The lowest BCUT2D eigenvalue weighted by atomic mass is 10.2. The first-order chi connectivity index (χ1) is 11.9. The Morgan fingerprint density at radius 1 is 1.32 bits per heavy atom. The Hall–Kier alpha value is -3.60. The van der Waals surface area contributed by atoms with Crippen molar-refractivity contribution < 1.29 is 4.79 Å². The van der Waals surface area contributed by atoms with Crippen molar-refractivity contribution in [2.24, 2.45) is 14.1 Å². The van der Waals surface area contributed by atoms with Gasteiger partial charge in [0.1, 0.15) is 6.54 Å². The first-order valence-electron chi connectivity index (χ1n) is 7.39. The molecule has 2 heterocycles. The predicted molar refractivity (Wildman–Crippen MR) is 93.2 cm³/mol. The number of nitrogens with zero attached hydrogens (tertiary/aromatic N) is 4. The molecule has 0 atom stereocenters. The molecule has 8 nitrogen and oxygen atoms in total. The van der Waals surface area contributed by atoms with E-state index in [1.807, 2.05) is 0 Å². The number of fused-ring (bicyclic) bond motifs is 1. The van der Waals surface area contributed by atoms with Gasteiger partial charge in [-0.25, -0.2) is 14.3 Å². The third-order valence-electron chi connectivity index (χ3n) is 3.82. The van der Waals surface area contributed by atoms with E-state index in [-0.39, 0.29) is 11.2 Å². The molecule has 3 rings (SSSR count). The van der Waals surface area contributed by atoms with E-state index in [9.17, 15) is 14.4 Å². The van der Waals surface area contributed by atoms with Crippen molar-refractivity contribution in [1.82, 2.24) is 18.7 Å². The summed E-state index contributed by atoms with van der Waals surface area (Å²) in [6, 6.07) is 6.73. The van der Waals surface area contributed by atoms with E-state index in [1.165, 1.54) is 22.5 Å². The summed E-state index contributed by atoms with van der Waals surface area (Å²) in [6.45, 7) is -0.410. The number of carbonyl (C=O) groups is 1. The minimum atomic E-state index is -0.608. The van der Waals surface area contributed by atoms with E-state index >= 15 is 0 Å². The highest BCUT2D eigenvalue weighted by atomic mass is 16.2. The first kappa shape index (κ1) is 16.3. The van der Waals surface area contributed by atoms with Crippen LogP contribution in [0, 0.1) is 12.3 Å². The van der Waals surface area contributed by atoms with Gasteiger partial charge in [-0.1, -0.05) is 12.0 Å². The van der Waals surface area contributed by atoms with Gasteiger partial charge in [0, 0.05) is 25.3 Å². The molecule has 3 aromatic rings. The number of hydrogen-bond acceptors (Lipinski definition) is 4. The molecule has 1 N–H and O–H groups in total. The van der Waals surface area contributed by atoms with Gasteiger partial charge in [0.2, 0.25) is 5.91 Å². The minimum Gasteiger partial charge on any atom is -0.328 e. The Bertz CT molecular complexity index is 1140. The monoisotopic (exact) mass is 337 g/mol. The van der Waals surface area contributed by atoms with E-state index in [4.69, 9.17) is 6.42 Å². The number of aromatic nitrogens is 4. The summed E-state index contributed by atoms with van der Waals surface area (Å²) in [5.41, 5.74) is 0.462. The van der Waals surface area contributed by atoms with Crippen LogP contribution in [0.4, 0.5) is 5.69 Å². The molecular formula is C17H15N5O3. The second-order valence-corrected chi connectivity index (χ2v) is 5.53. The van der Waals surface area contributed by atoms with Crippen LogP contribution in [0.1, 0.15) is 5.56 Å². The Kier molecular flexibility index (Phi) is 3.99. The van der Waals surface area contributed by atoms with Gasteiger partial charge in [0.25, 0.3) is 5.56 Å². The van der Waals surface area contributed by atoms with Crippen LogP contribution in [0.3, 0.4) is 0 Å². The molecule has 0 spiro atoms. The van der Waals surface area contributed by atoms with Crippen LogP contribution in [0.2, 0.25) is 0 Å². The van der Waals surface area contributed by atoms with Crippen molar-refractivity contribution in [2.45, 2.75) is 6.54 Å². The highest BCUT2D eigenvalue weighted by molar-refractivity contribution is 5.90. The summed E-state index contributed by atoms with van der Waals surface area (Å²) in [4.78, 5) is 41.2. The van der Waals surface area contributed by atoms with E-state index in [0.717, 1.165) is 4.57 Å². The number of imidazole rings is 1. The molecule has 0 unspecified atom stereocenters. The molecule has 1 aromatic carbocycles. The minimum absolute atomic E-state index is 0.254. The van der Waals surface area contributed by atoms with Gasteiger partial charge >= 0.3 is 5.69 Å². The van der Waals surface area contributed by atoms with Gasteiger partial charge in [0.15, 0.2) is 11.2 Å². The average molecular weight is 337 g/mol. The molecule has 1 amide bonds. The second-order valence-electron chi connectivity index (χ2n) is 5.53. The summed E-state index contributed by atoms with van der Waals surface area (Å²) in [5.74, 6) is 1.97. The van der Waals surface area contributed by atoms with Gasteiger partial charge in [-0.15, -0.1) is 6.42 Å². The average Bonchev–Trinajstić information content (AvgIpc) is 2.99. The molecule has 0 saturated carbocycles. The summed E-state index contributed by atoms with van der Waals surface area (Å²) < 4.78 is 3.63. The molecule has 0 aliphatic heterocycles. The molecule has 126 valence electrons. The van der Waals surface area contributed by atoms with Crippen LogP contribution >= 0.6 is 0 Å². The van der Waals surface area contributed by atoms with Crippen LogP contribution in [0.5, 0.6) is 0 Å². The molecule has 0 aliphatic rings. The van der Waals surface area contributed by atoms with Crippen LogP contribution in [-0.2, 0) is 25.4 Å². The Labute approximate surface area is 142 Å². The van der Waals surface area contributed by atoms with E-state index in [0.29, 0.717) is 11.3 Å². The fourth-order valence-electron chi connectivity index (χ4n) is 2.57. The molecule has 0 fully saturated rings. The molecular weight excluding hydrogens is 322 g/mol. The van der Waals surface area contributed by atoms with E-state index < -0.39 is 23.7 Å². The zero-order chi connectivity index (χ0) is 18.1. The maximum absolute atomic E-state index is 12.6. The zero-order valence-electron chi connectivity index (χ0n) is 13.7. The van der Waals surface area contributed by atoms with Crippen molar-refractivity contribution >= 4 is 22.8 Å². The quantitative estimate of drug-likeness (QED) is 0.684. The third kappa shape index (κ3) is 2.83. The predicted octanol–water partition coefficient (Wildman–Crippen LogP) is 0.0537. The molecule has 0 aliphatic carbocycles. The van der Waals surface area contributed by atoms with Crippen LogP contribution in [-0.4, -0.2) is 24.6 Å². The summed E-state index contributed by atoms with van der Waals surface area (Å²) in [5, 5.41) is 2.63. The first-order valence-corrected chi connectivity index (χ1v) is 7.39. The van der Waals surface area contributed by atoms with Crippen molar-refractivity contribution in [3.63, 3.8) is 0 Å². The van der Waals surface area contributed by atoms with Crippen molar-refractivity contribution in [1.29, 1.82) is 0 Å². The number of anilines is 1. The fraction of sp³-hybridized carbons (Fsp3) is 0.176. The van der Waals surface area contributed by atoms with Crippen LogP contribution < -0.4 is 16.6 Å². The van der Waals surface area contributed by atoms with Crippen molar-refractivity contribution in [3.05, 3.63) is 57.0 Å². The molecule has 8 heteroatoms. The normalized spacial score (nSPS) is 10.6. The lowest BCUT2D eigenvalue weighted by molar-refractivity contribution is -0.116. The Morgan fingerprint density at radius 2 is 2.08 bits per heavy atom. The smallest absolute Gasteiger partial charge is 0.328 e. The molecule has 0 bridgehead atoms. The number of rotatable bonds is 3. The Balaban J connectivity index is 1.96. The second kappa shape index (κ2) is 6.13. The highest BCUT2D eigenvalue weighted by Gasteiger charge is 2.17. The van der Waals surface area contributed by atoms with E-state index in [1.54, 1.807) is 31.3 Å². The topological polar surface area (TPSA) is 90.9 Å². The SMILES string of the molecule is C#Cc1cccc(NC(=O)Cn2c(=O)c3c(ncn3C)n(C)c2=O)c1. The van der Waals surface area contributed by atoms with E-state index in [2.05, 4.69) is 16.2 Å². The largest absolute Gasteiger partial charge is 0.332 e. The number of nitrogens with one attached hydrogen (secondary N) is 1. The van der Waals surface area contributed by atoms with Crippen LogP contribution in [0.15, 0.2) is 40.2 Å². The standard InChI is InChI=1S/C17H15N5O3/c1-4-11-6-5-7-12(8-11)19-13(23)9-22-16(24)14-15(18-10-20(14)2)21(3)17(22)25/h1,5-8,10H,9H2,2-3H3,(H,19,23). The highest BCUT2D eigenvalue weighted by Crippen LogP contribution is 2.09. The van der Waals surface area contributed by atoms with Gasteiger partial charge in [-0.3, -0.25) is 14.2 Å². The number of benzene rings is 1. The van der Waals surface area contributed by atoms with Crippen LogP contribution in [0.25, 0.3) is 11.2 Å². The number of carbonyl (C=O) groups excluding carboxylic acids is 1. The van der Waals surface area contributed by atoms with Gasteiger partial charge in [-0.2, -0.15) is 0 Å². The van der Waals surface area contributed by atoms with Crippen molar-refractivity contribution in [3.8, 4) is 12.3 Å². The number of amides is 1. The number of aryl methyl sites for hydroxylation is 2. The lowest BCUT2D eigenvalue weighted by Gasteiger charge is -2.09. The number of hydrogen-bond donors (Lipinski definition) is 1. The summed E-state index contributed by atoms with van der Waals surface area (Å²) >= 11 is 0. The van der Waals surface area contributed by atoms with Gasteiger partial charge < -0.3 is 9.88 Å². The maximum atomic E-state index is 12.6. The van der Waals surface area contributed by atoms with Gasteiger partial charge in [-0.05, 0) is 18.2 Å². The maximum Gasteiger partial charge on any atom is 0.332 e. The number of terminal acetylenes is 1. The van der Waals surface area contributed by atoms with Gasteiger partial charge in [0.05, 0.1) is 6.33 Å². The molecule has 0 radical (unpaired) electrons. The third-order valence-corrected chi connectivity index (χ3v) is 3.82. The molecule has 2 aromatic heterocycles. The summed E-state index contributed by atoms with van der Waals surface area (Å²) in [7, 11) is 3.15. The molecule has 0 saturated heterocycles. The summed E-state index contributed by atoms with van der Waals surface area (Å²) in [6.07, 6.45) is 6.77. The molecule has 25 heavy (non-hydrogen) atoms.